The van der Waals surface area contributed by atoms with Crippen molar-refractivity contribution < 1.29 is 13.2 Å². The highest BCUT2D eigenvalue weighted by Crippen LogP contribution is 2.25. The van der Waals surface area contributed by atoms with E-state index in [0.717, 1.165) is 32.5 Å². The predicted octanol–water partition coefficient (Wildman–Crippen LogP) is 0.977. The molecule has 1 aromatic heterocycles. The van der Waals surface area contributed by atoms with Crippen molar-refractivity contribution in [1.82, 2.24) is 24.3 Å². The molecule has 0 aromatic carbocycles. The average molecular weight is 400 g/mol. The molecule has 1 aromatic rings. The lowest BCUT2D eigenvalue weighted by atomic mass is 9.99. The van der Waals surface area contributed by atoms with Gasteiger partial charge in [0.2, 0.25) is 15.9 Å². The third-order valence-electron chi connectivity index (χ3n) is 5.41. The Hall–Kier alpha value is -1.45. The first-order valence-corrected chi connectivity index (χ1v) is 11.2. The van der Waals surface area contributed by atoms with Crippen LogP contribution in [0.3, 0.4) is 0 Å². The molecular formula is C18H33N5O3S. The summed E-state index contributed by atoms with van der Waals surface area (Å²) in [5, 5.41) is 7.02. The zero-order valence-corrected chi connectivity index (χ0v) is 17.8. The number of carbonyl (C=O) groups is 1. The Morgan fingerprint density at radius 3 is 2.67 bits per heavy atom. The van der Waals surface area contributed by atoms with Gasteiger partial charge in [-0.3, -0.25) is 9.48 Å². The molecule has 9 heteroatoms. The first kappa shape index (κ1) is 21.8. The number of piperidine rings is 1. The molecule has 1 unspecified atom stereocenters. The van der Waals surface area contributed by atoms with Gasteiger partial charge in [0.25, 0.3) is 0 Å². The molecule has 154 valence electrons. The zero-order valence-electron chi connectivity index (χ0n) is 16.9. The van der Waals surface area contributed by atoms with Crippen molar-refractivity contribution in [3.63, 3.8) is 0 Å². The van der Waals surface area contributed by atoms with Crippen LogP contribution >= 0.6 is 0 Å². The fourth-order valence-electron chi connectivity index (χ4n) is 3.44. The molecule has 0 radical (unpaired) electrons. The van der Waals surface area contributed by atoms with E-state index < -0.39 is 10.0 Å². The fourth-order valence-corrected chi connectivity index (χ4v) is 5.15. The summed E-state index contributed by atoms with van der Waals surface area (Å²) in [4.78, 5) is 15.0. The van der Waals surface area contributed by atoms with Crippen LogP contribution < -0.4 is 5.32 Å². The number of hydrogen-bond acceptors (Lipinski definition) is 5. The second-order valence-electron chi connectivity index (χ2n) is 7.09. The summed E-state index contributed by atoms with van der Waals surface area (Å²) in [6, 6.07) is 0. The molecule has 1 amide bonds. The summed E-state index contributed by atoms with van der Waals surface area (Å²) in [5.41, 5.74) is 0.609. The maximum atomic E-state index is 12.9. The van der Waals surface area contributed by atoms with E-state index in [1.165, 1.54) is 10.5 Å². The number of nitrogens with one attached hydrogen (secondary N) is 1. The Bertz CT molecular complexity index is 727. The Morgan fingerprint density at radius 1 is 1.37 bits per heavy atom. The normalized spacial score (nSPS) is 18.8. The second kappa shape index (κ2) is 9.66. The van der Waals surface area contributed by atoms with Gasteiger partial charge in [0, 0.05) is 26.7 Å². The van der Waals surface area contributed by atoms with E-state index in [1.807, 2.05) is 0 Å². The highest BCUT2D eigenvalue weighted by atomic mass is 32.2. The van der Waals surface area contributed by atoms with E-state index in [9.17, 15) is 13.2 Å². The number of sulfonamides is 1. The molecule has 0 spiro atoms. The van der Waals surface area contributed by atoms with Crippen molar-refractivity contribution in [2.75, 3.05) is 39.3 Å². The lowest BCUT2D eigenvalue weighted by Crippen LogP contribution is -2.45. The van der Waals surface area contributed by atoms with Gasteiger partial charge in [-0.05, 0) is 45.8 Å². The quantitative estimate of drug-likeness (QED) is 0.626. The molecule has 27 heavy (non-hydrogen) atoms. The van der Waals surface area contributed by atoms with Gasteiger partial charge >= 0.3 is 0 Å². The summed E-state index contributed by atoms with van der Waals surface area (Å²) in [6.07, 6.45) is 3.70. The molecule has 0 saturated carbocycles. The summed E-state index contributed by atoms with van der Waals surface area (Å²) in [5.74, 6) is -0.337. The van der Waals surface area contributed by atoms with E-state index in [4.69, 9.17) is 0 Å². The molecule has 0 bridgehead atoms. The number of aromatic nitrogens is 2. The smallest absolute Gasteiger partial charge is 0.246 e. The van der Waals surface area contributed by atoms with E-state index >= 15 is 0 Å². The van der Waals surface area contributed by atoms with Gasteiger partial charge in [0.1, 0.15) is 4.90 Å². The zero-order chi connectivity index (χ0) is 20.0. The maximum Gasteiger partial charge on any atom is 0.246 e. The summed E-state index contributed by atoms with van der Waals surface area (Å²) < 4.78 is 28.8. The average Bonchev–Trinajstić information content (AvgIpc) is 3.01. The van der Waals surface area contributed by atoms with Gasteiger partial charge in [-0.2, -0.15) is 9.40 Å². The number of carbonyl (C=O) groups excluding carboxylic acids is 1. The number of rotatable bonds is 9. The van der Waals surface area contributed by atoms with Crippen molar-refractivity contribution in [1.29, 1.82) is 0 Å². The molecule has 1 aliphatic rings. The topological polar surface area (TPSA) is 87.5 Å². The third kappa shape index (κ3) is 5.30. The van der Waals surface area contributed by atoms with Crippen molar-refractivity contribution in [2.45, 2.75) is 44.9 Å². The van der Waals surface area contributed by atoms with Crippen molar-refractivity contribution in [3.8, 4) is 0 Å². The SMILES string of the molecule is CCN(CC)CCCNC(=O)C1CCCN(S(=O)(=O)c2cnn(C)c2C)C1. The van der Waals surface area contributed by atoms with E-state index in [2.05, 4.69) is 29.2 Å². The lowest BCUT2D eigenvalue weighted by molar-refractivity contribution is -0.126. The van der Waals surface area contributed by atoms with Crippen molar-refractivity contribution >= 4 is 15.9 Å². The number of aryl methyl sites for hydroxylation is 1. The molecule has 1 aliphatic heterocycles. The minimum absolute atomic E-state index is 0.0441. The van der Waals surface area contributed by atoms with Crippen LogP contribution in [0.4, 0.5) is 0 Å². The molecule has 1 atom stereocenters. The minimum atomic E-state index is -3.62. The summed E-state index contributed by atoms with van der Waals surface area (Å²) in [6.45, 7) is 10.3. The van der Waals surface area contributed by atoms with Crippen LogP contribution in [0.25, 0.3) is 0 Å². The van der Waals surface area contributed by atoms with Gasteiger partial charge in [-0.15, -0.1) is 0 Å². The van der Waals surface area contributed by atoms with Crippen molar-refractivity contribution in [2.24, 2.45) is 13.0 Å². The fraction of sp³-hybridized carbons (Fsp3) is 0.778. The molecule has 1 fully saturated rings. The van der Waals surface area contributed by atoms with Crippen LogP contribution in [0.15, 0.2) is 11.1 Å². The summed E-state index contributed by atoms with van der Waals surface area (Å²) >= 11 is 0. The van der Waals surface area contributed by atoms with E-state index in [-0.39, 0.29) is 23.3 Å². The molecule has 2 rings (SSSR count). The number of hydrogen-bond donors (Lipinski definition) is 1. The molecule has 2 heterocycles. The van der Waals surface area contributed by atoms with Gasteiger partial charge in [-0.25, -0.2) is 8.42 Å². The summed E-state index contributed by atoms with van der Waals surface area (Å²) in [7, 11) is -1.90. The second-order valence-corrected chi connectivity index (χ2v) is 9.00. The third-order valence-corrected chi connectivity index (χ3v) is 7.38. The highest BCUT2D eigenvalue weighted by Gasteiger charge is 2.34. The van der Waals surface area contributed by atoms with Gasteiger partial charge < -0.3 is 10.2 Å². The van der Waals surface area contributed by atoms with E-state index in [1.54, 1.807) is 18.7 Å². The van der Waals surface area contributed by atoms with Crippen LogP contribution in [0.5, 0.6) is 0 Å². The van der Waals surface area contributed by atoms with Crippen LogP contribution in [0.2, 0.25) is 0 Å². The number of amides is 1. The lowest BCUT2D eigenvalue weighted by Gasteiger charge is -2.31. The molecule has 1 saturated heterocycles. The van der Waals surface area contributed by atoms with Crippen molar-refractivity contribution in [3.05, 3.63) is 11.9 Å². The first-order chi connectivity index (χ1) is 12.8. The Labute approximate surface area is 162 Å². The van der Waals surface area contributed by atoms with Gasteiger partial charge in [0.05, 0.1) is 17.8 Å². The van der Waals surface area contributed by atoms with Crippen LogP contribution in [-0.4, -0.2) is 72.6 Å². The highest BCUT2D eigenvalue weighted by molar-refractivity contribution is 7.89. The first-order valence-electron chi connectivity index (χ1n) is 9.80. The Morgan fingerprint density at radius 2 is 2.07 bits per heavy atom. The Balaban J connectivity index is 1.91. The molecule has 8 nitrogen and oxygen atoms in total. The van der Waals surface area contributed by atoms with Crippen LogP contribution in [0.1, 0.15) is 38.8 Å². The van der Waals surface area contributed by atoms with Gasteiger partial charge in [-0.1, -0.05) is 13.8 Å². The molecular weight excluding hydrogens is 366 g/mol. The van der Waals surface area contributed by atoms with E-state index in [0.29, 0.717) is 25.2 Å². The molecule has 1 N–H and O–H groups in total. The maximum absolute atomic E-state index is 12.9. The number of nitrogens with zero attached hydrogens (tertiary/aromatic N) is 4. The Kier molecular flexibility index (Phi) is 7.81. The van der Waals surface area contributed by atoms with Crippen LogP contribution in [-0.2, 0) is 21.9 Å². The monoisotopic (exact) mass is 399 g/mol. The standard InChI is InChI=1S/C18H33N5O3S/c1-5-22(6-2)11-8-10-19-18(24)16-9-7-12-23(14-16)27(25,26)17-13-20-21(4)15(17)3/h13,16H,5-12,14H2,1-4H3,(H,19,24). The minimum Gasteiger partial charge on any atom is -0.356 e. The largest absolute Gasteiger partial charge is 0.356 e. The predicted molar refractivity (Wildman–Crippen MR) is 105 cm³/mol. The van der Waals surface area contributed by atoms with Crippen LogP contribution in [0, 0.1) is 12.8 Å². The van der Waals surface area contributed by atoms with Gasteiger partial charge in [0.15, 0.2) is 0 Å². The molecule has 0 aliphatic carbocycles.